The van der Waals surface area contributed by atoms with E-state index in [4.69, 9.17) is 34.0 Å². The van der Waals surface area contributed by atoms with Crippen molar-refractivity contribution in [1.82, 2.24) is 5.32 Å². The molecule has 1 rings (SSSR count). The number of hydrogen-bond acceptors (Lipinski definition) is 3. The molecule has 1 amide bonds. The number of halogens is 2. The van der Waals surface area contributed by atoms with Gasteiger partial charge in [0.05, 0.1) is 6.42 Å². The van der Waals surface area contributed by atoms with Gasteiger partial charge in [-0.25, -0.2) is 0 Å². The molecule has 0 aliphatic heterocycles. The molecule has 0 unspecified atom stereocenters. The summed E-state index contributed by atoms with van der Waals surface area (Å²) < 4.78 is 0. The third kappa shape index (κ3) is 5.46. The first-order valence-electron chi connectivity index (χ1n) is 5.68. The van der Waals surface area contributed by atoms with E-state index in [-0.39, 0.29) is 24.9 Å². The van der Waals surface area contributed by atoms with Crippen molar-refractivity contribution >= 4 is 35.1 Å². The third-order valence-corrected chi connectivity index (χ3v) is 2.97. The molecule has 1 aromatic rings. The van der Waals surface area contributed by atoms with E-state index in [9.17, 15) is 4.79 Å². The number of guanidine groups is 1. The van der Waals surface area contributed by atoms with Crippen LogP contribution in [0.15, 0.2) is 23.2 Å². The maximum atomic E-state index is 11.7. The third-order valence-electron chi connectivity index (χ3n) is 2.26. The minimum Gasteiger partial charge on any atom is -0.396 e. The predicted molar refractivity (Wildman–Crippen MR) is 76.5 cm³/mol. The lowest BCUT2D eigenvalue weighted by Gasteiger charge is -2.07. The minimum atomic E-state index is -0.347. The number of benzene rings is 1. The molecule has 0 saturated heterocycles. The van der Waals surface area contributed by atoms with Crippen LogP contribution in [0.1, 0.15) is 12.0 Å². The lowest BCUT2D eigenvalue weighted by Crippen LogP contribution is -2.38. The van der Waals surface area contributed by atoms with Gasteiger partial charge in [0.2, 0.25) is 5.91 Å². The molecule has 0 bridgehead atoms. The molecule has 7 heteroatoms. The van der Waals surface area contributed by atoms with Crippen molar-refractivity contribution in [2.24, 2.45) is 10.7 Å². The average molecular weight is 304 g/mol. The largest absolute Gasteiger partial charge is 0.396 e. The van der Waals surface area contributed by atoms with Crippen LogP contribution in [0.5, 0.6) is 0 Å². The zero-order valence-electron chi connectivity index (χ0n) is 10.2. The summed E-state index contributed by atoms with van der Waals surface area (Å²) in [4.78, 5) is 15.6. The number of carbonyl (C=O) groups excluding carboxylic acids is 1. The van der Waals surface area contributed by atoms with Crippen LogP contribution in [-0.4, -0.2) is 30.1 Å². The monoisotopic (exact) mass is 303 g/mol. The minimum absolute atomic E-state index is 0.0154. The van der Waals surface area contributed by atoms with Gasteiger partial charge in [0, 0.05) is 23.2 Å². The molecule has 4 N–H and O–H groups in total. The van der Waals surface area contributed by atoms with Crippen LogP contribution in [0.3, 0.4) is 0 Å². The molecule has 0 aliphatic rings. The van der Waals surface area contributed by atoms with Crippen molar-refractivity contribution in [2.45, 2.75) is 12.8 Å². The molecule has 19 heavy (non-hydrogen) atoms. The second kappa shape index (κ2) is 7.99. The molecule has 1 aromatic carbocycles. The number of nitrogens with two attached hydrogens (primary N) is 1. The summed E-state index contributed by atoms with van der Waals surface area (Å²) in [6, 6.07) is 5.03. The second-order valence-corrected chi connectivity index (χ2v) is 4.58. The Morgan fingerprint density at radius 3 is 2.58 bits per heavy atom. The fourth-order valence-electron chi connectivity index (χ4n) is 1.36. The Morgan fingerprint density at radius 1 is 1.37 bits per heavy atom. The molecular weight excluding hydrogens is 289 g/mol. The summed E-state index contributed by atoms with van der Waals surface area (Å²) in [5.74, 6) is -0.332. The standard InChI is InChI=1S/C12H15Cl2N3O2/c13-9-3-1-4-10(14)8(9)7-11(19)17-12(15)16-5-2-6-18/h1,3-4,18H,2,5-7H2,(H3,15,16,17,19). The SMILES string of the molecule is NC(=NCCCO)NC(=O)Cc1c(Cl)cccc1Cl. The fraction of sp³-hybridized carbons (Fsp3) is 0.333. The van der Waals surface area contributed by atoms with Crippen LogP contribution in [0.25, 0.3) is 0 Å². The van der Waals surface area contributed by atoms with Gasteiger partial charge in [0.15, 0.2) is 5.96 Å². The van der Waals surface area contributed by atoms with Crippen LogP contribution in [0, 0.1) is 0 Å². The van der Waals surface area contributed by atoms with Crippen molar-refractivity contribution in [2.75, 3.05) is 13.2 Å². The highest BCUT2D eigenvalue weighted by Crippen LogP contribution is 2.24. The first kappa shape index (κ1) is 15.8. The molecule has 0 aliphatic carbocycles. The molecule has 0 radical (unpaired) electrons. The summed E-state index contributed by atoms with van der Waals surface area (Å²) in [5, 5.41) is 11.9. The van der Waals surface area contributed by atoms with Gasteiger partial charge in [0.25, 0.3) is 0 Å². The molecule has 104 valence electrons. The number of nitrogens with zero attached hydrogens (tertiary/aromatic N) is 1. The number of nitrogens with one attached hydrogen (secondary N) is 1. The van der Waals surface area contributed by atoms with Gasteiger partial charge in [-0.2, -0.15) is 0 Å². The Bertz CT molecular complexity index is 458. The number of carbonyl (C=O) groups is 1. The van der Waals surface area contributed by atoms with Gasteiger partial charge in [-0.1, -0.05) is 29.3 Å². The molecule has 0 saturated carbocycles. The van der Waals surface area contributed by atoms with Crippen LogP contribution in [0.2, 0.25) is 10.0 Å². The number of aliphatic hydroxyl groups excluding tert-OH is 1. The average Bonchev–Trinajstić information content (AvgIpc) is 2.34. The number of aliphatic hydroxyl groups is 1. The summed E-state index contributed by atoms with van der Waals surface area (Å²) in [6.45, 7) is 0.384. The van der Waals surface area contributed by atoms with E-state index >= 15 is 0 Å². The quantitative estimate of drug-likeness (QED) is 0.436. The Balaban J connectivity index is 2.58. The maximum absolute atomic E-state index is 11.7. The van der Waals surface area contributed by atoms with Crippen molar-refractivity contribution in [3.8, 4) is 0 Å². The van der Waals surface area contributed by atoms with E-state index in [0.29, 0.717) is 28.6 Å². The zero-order valence-corrected chi connectivity index (χ0v) is 11.7. The summed E-state index contributed by atoms with van der Waals surface area (Å²) in [5.41, 5.74) is 6.06. The first-order valence-corrected chi connectivity index (χ1v) is 6.43. The van der Waals surface area contributed by atoms with Gasteiger partial charge < -0.3 is 10.8 Å². The molecule has 5 nitrogen and oxygen atoms in total. The highest BCUT2D eigenvalue weighted by atomic mass is 35.5. The number of aliphatic imine (C=N–C) groups is 1. The zero-order chi connectivity index (χ0) is 14.3. The Morgan fingerprint density at radius 2 is 2.00 bits per heavy atom. The molecular formula is C12H15Cl2N3O2. The van der Waals surface area contributed by atoms with Crippen molar-refractivity contribution in [3.63, 3.8) is 0 Å². The van der Waals surface area contributed by atoms with E-state index in [2.05, 4.69) is 10.3 Å². The lowest BCUT2D eigenvalue weighted by molar-refractivity contribution is -0.119. The maximum Gasteiger partial charge on any atom is 0.231 e. The Kier molecular flexibility index (Phi) is 6.62. The fourth-order valence-corrected chi connectivity index (χ4v) is 1.89. The molecule has 0 atom stereocenters. The van der Waals surface area contributed by atoms with Crippen LogP contribution < -0.4 is 11.1 Å². The van der Waals surface area contributed by atoms with Crippen LogP contribution in [0.4, 0.5) is 0 Å². The van der Waals surface area contributed by atoms with Crippen molar-refractivity contribution in [3.05, 3.63) is 33.8 Å². The lowest BCUT2D eigenvalue weighted by atomic mass is 10.1. The number of hydrogen-bond donors (Lipinski definition) is 3. The predicted octanol–water partition coefficient (Wildman–Crippen LogP) is 1.35. The van der Waals surface area contributed by atoms with E-state index in [1.54, 1.807) is 18.2 Å². The smallest absolute Gasteiger partial charge is 0.231 e. The normalized spacial score (nSPS) is 11.4. The topological polar surface area (TPSA) is 87.7 Å². The van der Waals surface area contributed by atoms with E-state index in [1.165, 1.54) is 0 Å². The van der Waals surface area contributed by atoms with E-state index in [1.807, 2.05) is 0 Å². The van der Waals surface area contributed by atoms with Crippen molar-refractivity contribution in [1.29, 1.82) is 0 Å². The Labute approximate surface area is 121 Å². The highest BCUT2D eigenvalue weighted by Gasteiger charge is 2.11. The van der Waals surface area contributed by atoms with E-state index in [0.717, 1.165) is 0 Å². The summed E-state index contributed by atoms with van der Waals surface area (Å²) in [6.07, 6.45) is 0.516. The molecule has 0 heterocycles. The molecule has 0 fully saturated rings. The van der Waals surface area contributed by atoms with Gasteiger partial charge >= 0.3 is 0 Å². The number of amides is 1. The van der Waals surface area contributed by atoms with Gasteiger partial charge in [-0.3, -0.25) is 15.1 Å². The summed E-state index contributed by atoms with van der Waals surface area (Å²) >= 11 is 11.9. The van der Waals surface area contributed by atoms with Gasteiger partial charge in [0.1, 0.15) is 0 Å². The van der Waals surface area contributed by atoms with Crippen molar-refractivity contribution < 1.29 is 9.90 Å². The summed E-state index contributed by atoms with van der Waals surface area (Å²) in [7, 11) is 0. The van der Waals surface area contributed by atoms with E-state index < -0.39 is 0 Å². The number of rotatable bonds is 5. The molecule has 0 spiro atoms. The Hall–Kier alpha value is -1.30. The van der Waals surface area contributed by atoms with Gasteiger partial charge in [-0.05, 0) is 24.1 Å². The second-order valence-electron chi connectivity index (χ2n) is 3.77. The first-order chi connectivity index (χ1) is 9.04. The van der Waals surface area contributed by atoms with Gasteiger partial charge in [-0.15, -0.1) is 0 Å². The van der Waals surface area contributed by atoms with Crippen LogP contribution >= 0.6 is 23.2 Å². The highest BCUT2D eigenvalue weighted by molar-refractivity contribution is 6.36. The van der Waals surface area contributed by atoms with Crippen LogP contribution in [-0.2, 0) is 11.2 Å². The molecule has 0 aromatic heterocycles.